The Hall–Kier alpha value is -2.50. The van der Waals surface area contributed by atoms with E-state index in [9.17, 15) is 4.79 Å². The van der Waals surface area contributed by atoms with Crippen molar-refractivity contribution in [1.29, 1.82) is 0 Å². The second-order valence-electron chi connectivity index (χ2n) is 5.84. The standard InChI is InChI=1S/C17H21N5O/c1-13(14-2-6-18-7-3-14)21-17(23)15-4-10-22(11-5-15)16-12-19-8-9-20-16/h2-3,6-9,12-13,15H,4-5,10-11H2,1H3,(H,21,23). The minimum Gasteiger partial charge on any atom is -0.355 e. The molecule has 1 atom stereocenters. The lowest BCUT2D eigenvalue weighted by molar-refractivity contribution is -0.126. The van der Waals surface area contributed by atoms with Crippen LogP contribution in [0.5, 0.6) is 0 Å². The molecule has 2 aromatic heterocycles. The van der Waals surface area contributed by atoms with E-state index in [1.54, 1.807) is 31.0 Å². The highest BCUT2D eigenvalue weighted by Gasteiger charge is 2.26. The van der Waals surface area contributed by atoms with Crippen LogP contribution >= 0.6 is 0 Å². The molecule has 0 radical (unpaired) electrons. The van der Waals surface area contributed by atoms with Gasteiger partial charge in [-0.3, -0.25) is 14.8 Å². The maximum absolute atomic E-state index is 12.5. The first kappa shape index (κ1) is 15.4. The van der Waals surface area contributed by atoms with Gasteiger partial charge in [0.2, 0.25) is 5.91 Å². The quantitative estimate of drug-likeness (QED) is 0.934. The Bertz CT molecular complexity index is 626. The van der Waals surface area contributed by atoms with Crippen LogP contribution in [0.2, 0.25) is 0 Å². The van der Waals surface area contributed by atoms with Crippen LogP contribution in [0.25, 0.3) is 0 Å². The van der Waals surface area contributed by atoms with Crippen molar-refractivity contribution >= 4 is 11.7 Å². The summed E-state index contributed by atoms with van der Waals surface area (Å²) in [7, 11) is 0. The van der Waals surface area contributed by atoms with E-state index in [2.05, 4.69) is 25.2 Å². The van der Waals surface area contributed by atoms with Crippen molar-refractivity contribution in [2.75, 3.05) is 18.0 Å². The molecule has 0 aromatic carbocycles. The number of nitrogens with one attached hydrogen (secondary N) is 1. The molecule has 0 bridgehead atoms. The monoisotopic (exact) mass is 311 g/mol. The van der Waals surface area contributed by atoms with Crippen LogP contribution in [0.4, 0.5) is 5.82 Å². The lowest BCUT2D eigenvalue weighted by Gasteiger charge is -2.32. The van der Waals surface area contributed by atoms with Crippen LogP contribution < -0.4 is 10.2 Å². The molecule has 23 heavy (non-hydrogen) atoms. The maximum Gasteiger partial charge on any atom is 0.223 e. The molecule has 0 aliphatic carbocycles. The topological polar surface area (TPSA) is 71.0 Å². The number of rotatable bonds is 4. The molecular weight excluding hydrogens is 290 g/mol. The van der Waals surface area contributed by atoms with Gasteiger partial charge < -0.3 is 10.2 Å². The van der Waals surface area contributed by atoms with Crippen molar-refractivity contribution in [1.82, 2.24) is 20.3 Å². The third kappa shape index (κ3) is 3.83. The molecule has 6 heteroatoms. The average molecular weight is 311 g/mol. The lowest BCUT2D eigenvalue weighted by Crippen LogP contribution is -2.41. The van der Waals surface area contributed by atoms with E-state index in [1.807, 2.05) is 19.1 Å². The van der Waals surface area contributed by atoms with Gasteiger partial charge in [-0.1, -0.05) is 0 Å². The maximum atomic E-state index is 12.5. The molecule has 0 saturated carbocycles. The Labute approximate surface area is 136 Å². The SMILES string of the molecule is CC(NC(=O)C1CCN(c2cnccn2)CC1)c1ccncc1. The number of aromatic nitrogens is 3. The Morgan fingerprint density at radius 2 is 1.91 bits per heavy atom. The molecule has 2 aromatic rings. The van der Waals surface area contributed by atoms with Gasteiger partial charge in [-0.25, -0.2) is 4.98 Å². The van der Waals surface area contributed by atoms with Crippen LogP contribution in [0.1, 0.15) is 31.4 Å². The minimum absolute atomic E-state index is 0.00326. The number of nitrogens with zero attached hydrogens (tertiary/aromatic N) is 4. The van der Waals surface area contributed by atoms with Crippen molar-refractivity contribution in [3.8, 4) is 0 Å². The van der Waals surface area contributed by atoms with Gasteiger partial charge in [0.05, 0.1) is 12.2 Å². The summed E-state index contributed by atoms with van der Waals surface area (Å²) in [4.78, 5) is 27.1. The molecule has 3 rings (SSSR count). The zero-order valence-corrected chi connectivity index (χ0v) is 13.2. The fourth-order valence-electron chi connectivity index (χ4n) is 2.89. The van der Waals surface area contributed by atoms with Gasteiger partial charge in [-0.2, -0.15) is 0 Å². The molecule has 1 unspecified atom stereocenters. The summed E-state index contributed by atoms with van der Waals surface area (Å²) in [6.45, 7) is 3.67. The molecule has 120 valence electrons. The third-order valence-corrected chi connectivity index (χ3v) is 4.30. The molecule has 0 spiro atoms. The van der Waals surface area contributed by atoms with Crippen LogP contribution in [0.3, 0.4) is 0 Å². The predicted octanol–water partition coefficient (Wildman–Crippen LogP) is 1.97. The highest BCUT2D eigenvalue weighted by Crippen LogP contribution is 2.22. The van der Waals surface area contributed by atoms with Gasteiger partial charge in [0.25, 0.3) is 0 Å². The van der Waals surface area contributed by atoms with Gasteiger partial charge in [-0.05, 0) is 37.5 Å². The summed E-state index contributed by atoms with van der Waals surface area (Å²) in [5.41, 5.74) is 1.07. The van der Waals surface area contributed by atoms with Crippen LogP contribution in [0, 0.1) is 5.92 Å². The van der Waals surface area contributed by atoms with E-state index in [1.165, 1.54) is 0 Å². The number of anilines is 1. The van der Waals surface area contributed by atoms with Crippen LogP contribution in [0.15, 0.2) is 43.1 Å². The Morgan fingerprint density at radius 1 is 1.17 bits per heavy atom. The first-order valence-electron chi connectivity index (χ1n) is 7.95. The number of pyridine rings is 1. The van der Waals surface area contributed by atoms with Crippen molar-refractivity contribution in [2.24, 2.45) is 5.92 Å². The van der Waals surface area contributed by atoms with Gasteiger partial charge in [-0.15, -0.1) is 0 Å². The van der Waals surface area contributed by atoms with Gasteiger partial charge >= 0.3 is 0 Å². The van der Waals surface area contributed by atoms with E-state index in [0.29, 0.717) is 0 Å². The minimum atomic E-state index is 0.00326. The Kier molecular flexibility index (Phi) is 4.80. The summed E-state index contributed by atoms with van der Waals surface area (Å²) < 4.78 is 0. The molecule has 1 N–H and O–H groups in total. The summed E-state index contributed by atoms with van der Waals surface area (Å²) >= 11 is 0. The number of carbonyl (C=O) groups is 1. The fourth-order valence-corrected chi connectivity index (χ4v) is 2.89. The number of hydrogen-bond acceptors (Lipinski definition) is 5. The van der Waals surface area contributed by atoms with E-state index in [-0.39, 0.29) is 17.9 Å². The van der Waals surface area contributed by atoms with Crippen molar-refractivity contribution < 1.29 is 4.79 Å². The number of carbonyl (C=O) groups excluding carboxylic acids is 1. The molecular formula is C17H21N5O. The van der Waals surface area contributed by atoms with Gasteiger partial charge in [0, 0.05) is 43.8 Å². The van der Waals surface area contributed by atoms with Crippen molar-refractivity contribution in [3.05, 3.63) is 48.7 Å². The Balaban J connectivity index is 1.52. The smallest absolute Gasteiger partial charge is 0.223 e. The predicted molar refractivity (Wildman–Crippen MR) is 87.8 cm³/mol. The van der Waals surface area contributed by atoms with Gasteiger partial charge in [0.1, 0.15) is 5.82 Å². The summed E-state index contributed by atoms with van der Waals surface area (Å²) in [5, 5.41) is 3.11. The second-order valence-corrected chi connectivity index (χ2v) is 5.84. The molecule has 1 aliphatic heterocycles. The Morgan fingerprint density at radius 3 is 2.57 bits per heavy atom. The summed E-state index contributed by atoms with van der Waals surface area (Å²) in [5.74, 6) is 1.08. The number of hydrogen-bond donors (Lipinski definition) is 1. The van der Waals surface area contributed by atoms with Crippen LogP contribution in [-0.2, 0) is 4.79 Å². The lowest BCUT2D eigenvalue weighted by atomic mass is 9.95. The molecule has 1 aliphatic rings. The number of piperidine rings is 1. The van der Waals surface area contributed by atoms with E-state index in [0.717, 1.165) is 37.3 Å². The summed E-state index contributed by atoms with van der Waals surface area (Å²) in [6, 6.07) is 3.87. The van der Waals surface area contributed by atoms with Gasteiger partial charge in [0.15, 0.2) is 0 Å². The van der Waals surface area contributed by atoms with E-state index >= 15 is 0 Å². The normalized spacial score (nSPS) is 16.8. The highest BCUT2D eigenvalue weighted by molar-refractivity contribution is 5.79. The molecule has 3 heterocycles. The molecule has 1 fully saturated rings. The second kappa shape index (κ2) is 7.17. The van der Waals surface area contributed by atoms with Crippen molar-refractivity contribution in [3.63, 3.8) is 0 Å². The summed E-state index contributed by atoms with van der Waals surface area (Å²) in [6.07, 6.45) is 10.3. The first-order chi connectivity index (χ1) is 11.2. The van der Waals surface area contributed by atoms with E-state index in [4.69, 9.17) is 0 Å². The fraction of sp³-hybridized carbons (Fsp3) is 0.412. The highest BCUT2D eigenvalue weighted by atomic mass is 16.1. The zero-order valence-electron chi connectivity index (χ0n) is 13.2. The van der Waals surface area contributed by atoms with Crippen LogP contribution in [-0.4, -0.2) is 33.9 Å². The molecule has 6 nitrogen and oxygen atoms in total. The number of amides is 1. The molecule has 1 amide bonds. The zero-order chi connectivity index (χ0) is 16.1. The first-order valence-corrected chi connectivity index (χ1v) is 7.95. The average Bonchev–Trinajstić information content (AvgIpc) is 2.63. The largest absolute Gasteiger partial charge is 0.355 e. The van der Waals surface area contributed by atoms with E-state index < -0.39 is 0 Å². The van der Waals surface area contributed by atoms with Crippen molar-refractivity contribution in [2.45, 2.75) is 25.8 Å². The third-order valence-electron chi connectivity index (χ3n) is 4.30. The molecule has 1 saturated heterocycles.